The van der Waals surface area contributed by atoms with Crippen LogP contribution in [0.3, 0.4) is 0 Å². The lowest BCUT2D eigenvalue weighted by atomic mass is 9.92. The molecule has 1 aliphatic heterocycles. The Hall–Kier alpha value is -1.49. The summed E-state index contributed by atoms with van der Waals surface area (Å²) < 4.78 is 27.0. The predicted octanol–water partition coefficient (Wildman–Crippen LogP) is 2.78. The van der Waals surface area contributed by atoms with Crippen molar-refractivity contribution in [3.63, 3.8) is 0 Å². The number of nitrogens with one attached hydrogen (secondary N) is 2. The van der Waals surface area contributed by atoms with Gasteiger partial charge in [0.25, 0.3) is 0 Å². The fraction of sp³-hybridized carbons (Fsp3) is 0.562. The Morgan fingerprint density at radius 3 is 2.52 bits per heavy atom. The zero-order valence-electron chi connectivity index (χ0n) is 12.5. The molecule has 0 saturated carbocycles. The van der Waals surface area contributed by atoms with Gasteiger partial charge in [-0.3, -0.25) is 4.79 Å². The average molecular weight is 296 g/mol. The minimum Gasteiger partial charge on any atom is -0.349 e. The molecule has 1 heterocycles. The Kier molecular flexibility index (Phi) is 5.28. The summed E-state index contributed by atoms with van der Waals surface area (Å²) >= 11 is 0. The van der Waals surface area contributed by atoms with E-state index in [1.54, 1.807) is 0 Å². The zero-order valence-corrected chi connectivity index (χ0v) is 12.5. The van der Waals surface area contributed by atoms with Crippen LogP contribution in [0.15, 0.2) is 18.2 Å². The molecule has 2 rings (SSSR count). The Bertz CT molecular complexity index is 499. The van der Waals surface area contributed by atoms with E-state index < -0.39 is 17.7 Å². The van der Waals surface area contributed by atoms with E-state index in [1.165, 1.54) is 12.1 Å². The van der Waals surface area contributed by atoms with E-state index in [-0.39, 0.29) is 17.7 Å². The van der Waals surface area contributed by atoms with E-state index in [1.807, 2.05) is 13.8 Å². The molecule has 1 fully saturated rings. The molecule has 3 nitrogen and oxygen atoms in total. The van der Waals surface area contributed by atoms with Crippen molar-refractivity contribution >= 4 is 5.91 Å². The fourth-order valence-electron chi connectivity index (χ4n) is 2.71. The molecule has 21 heavy (non-hydrogen) atoms. The van der Waals surface area contributed by atoms with Gasteiger partial charge in [-0.15, -0.1) is 0 Å². The minimum absolute atomic E-state index is 0.0237. The van der Waals surface area contributed by atoms with Crippen molar-refractivity contribution in [1.82, 2.24) is 10.6 Å². The van der Waals surface area contributed by atoms with Gasteiger partial charge in [-0.25, -0.2) is 8.78 Å². The zero-order chi connectivity index (χ0) is 15.4. The van der Waals surface area contributed by atoms with Crippen LogP contribution in [0.4, 0.5) is 8.78 Å². The highest BCUT2D eigenvalue weighted by Crippen LogP contribution is 2.26. The summed E-state index contributed by atoms with van der Waals surface area (Å²) in [7, 11) is 0. The average Bonchev–Trinajstić information content (AvgIpc) is 2.46. The number of carbonyl (C=O) groups excluding carboxylic acids is 1. The Morgan fingerprint density at radius 1 is 1.29 bits per heavy atom. The summed E-state index contributed by atoms with van der Waals surface area (Å²) in [5.74, 6) is -1.27. The van der Waals surface area contributed by atoms with E-state index in [0.717, 1.165) is 32.0 Å². The van der Waals surface area contributed by atoms with Crippen LogP contribution in [0.1, 0.15) is 38.3 Å². The lowest BCUT2D eigenvalue weighted by Gasteiger charge is -2.28. The normalized spacial score (nSPS) is 17.8. The van der Waals surface area contributed by atoms with Crippen molar-refractivity contribution in [2.24, 2.45) is 11.8 Å². The van der Waals surface area contributed by atoms with Crippen LogP contribution in [0.5, 0.6) is 0 Å². The highest BCUT2D eigenvalue weighted by atomic mass is 19.1. The first-order valence-corrected chi connectivity index (χ1v) is 7.45. The number of halogens is 2. The van der Waals surface area contributed by atoms with Gasteiger partial charge in [0.1, 0.15) is 11.6 Å². The van der Waals surface area contributed by atoms with Gasteiger partial charge >= 0.3 is 0 Å². The molecule has 0 spiro atoms. The standard InChI is InChI=1S/C16H22F2N2O/c1-10(2)15(13-4-3-12(17)9-14(13)18)20-16(21)11-5-7-19-8-6-11/h3-4,9-11,15,19H,5-8H2,1-2H3,(H,20,21). The molecule has 2 N–H and O–H groups in total. The number of amides is 1. The van der Waals surface area contributed by atoms with E-state index in [0.29, 0.717) is 5.56 Å². The molecule has 1 aromatic rings. The molecule has 0 radical (unpaired) electrons. The number of piperidine rings is 1. The Labute approximate surface area is 124 Å². The van der Waals surface area contributed by atoms with Crippen LogP contribution < -0.4 is 10.6 Å². The lowest BCUT2D eigenvalue weighted by Crippen LogP contribution is -2.41. The van der Waals surface area contributed by atoms with Crippen LogP contribution in [0, 0.1) is 23.5 Å². The summed E-state index contributed by atoms with van der Waals surface area (Å²) in [5.41, 5.74) is 0.341. The topological polar surface area (TPSA) is 41.1 Å². The number of hydrogen-bond donors (Lipinski definition) is 2. The largest absolute Gasteiger partial charge is 0.349 e. The SMILES string of the molecule is CC(C)C(NC(=O)C1CCNCC1)c1ccc(F)cc1F. The molecular weight excluding hydrogens is 274 g/mol. The highest BCUT2D eigenvalue weighted by molar-refractivity contribution is 5.79. The van der Waals surface area contributed by atoms with Gasteiger partial charge < -0.3 is 10.6 Å². The molecule has 1 unspecified atom stereocenters. The number of rotatable bonds is 4. The van der Waals surface area contributed by atoms with Crippen LogP contribution in [-0.4, -0.2) is 19.0 Å². The molecule has 1 amide bonds. The Morgan fingerprint density at radius 2 is 1.95 bits per heavy atom. The second-order valence-electron chi connectivity index (χ2n) is 5.92. The van der Waals surface area contributed by atoms with E-state index in [2.05, 4.69) is 10.6 Å². The molecule has 1 atom stereocenters. The molecule has 1 aliphatic rings. The van der Waals surface area contributed by atoms with Gasteiger partial charge in [-0.05, 0) is 37.9 Å². The molecule has 0 bridgehead atoms. The van der Waals surface area contributed by atoms with Crippen molar-refractivity contribution in [3.05, 3.63) is 35.4 Å². The first kappa shape index (κ1) is 15.9. The summed E-state index contributed by atoms with van der Waals surface area (Å²) in [5, 5.41) is 6.14. The smallest absolute Gasteiger partial charge is 0.223 e. The van der Waals surface area contributed by atoms with E-state index in [4.69, 9.17) is 0 Å². The van der Waals surface area contributed by atoms with Gasteiger partial charge in [0.15, 0.2) is 0 Å². The Balaban J connectivity index is 2.13. The molecule has 116 valence electrons. The van der Waals surface area contributed by atoms with Crippen LogP contribution in [0.2, 0.25) is 0 Å². The van der Waals surface area contributed by atoms with Crippen molar-refractivity contribution < 1.29 is 13.6 Å². The molecule has 1 aromatic carbocycles. The number of benzene rings is 1. The lowest BCUT2D eigenvalue weighted by molar-refractivity contribution is -0.126. The second kappa shape index (κ2) is 6.98. The quantitative estimate of drug-likeness (QED) is 0.897. The van der Waals surface area contributed by atoms with Crippen molar-refractivity contribution in [3.8, 4) is 0 Å². The number of carbonyl (C=O) groups is 1. The van der Waals surface area contributed by atoms with Crippen LogP contribution in [-0.2, 0) is 4.79 Å². The summed E-state index contributed by atoms with van der Waals surface area (Å²) in [6, 6.07) is 3.07. The van der Waals surface area contributed by atoms with Gasteiger partial charge in [-0.1, -0.05) is 19.9 Å². The summed E-state index contributed by atoms with van der Waals surface area (Å²) in [6.45, 7) is 5.48. The maximum Gasteiger partial charge on any atom is 0.223 e. The maximum atomic E-state index is 14.0. The van der Waals surface area contributed by atoms with Crippen molar-refractivity contribution in [2.45, 2.75) is 32.7 Å². The van der Waals surface area contributed by atoms with Gasteiger partial charge in [0, 0.05) is 17.5 Å². The monoisotopic (exact) mass is 296 g/mol. The second-order valence-corrected chi connectivity index (χ2v) is 5.92. The van der Waals surface area contributed by atoms with Crippen LogP contribution in [0.25, 0.3) is 0 Å². The number of hydrogen-bond acceptors (Lipinski definition) is 2. The molecular formula is C16H22F2N2O. The first-order chi connectivity index (χ1) is 9.99. The predicted molar refractivity (Wildman–Crippen MR) is 77.7 cm³/mol. The maximum absolute atomic E-state index is 14.0. The van der Waals surface area contributed by atoms with Gasteiger partial charge in [-0.2, -0.15) is 0 Å². The summed E-state index contributed by atoms with van der Waals surface area (Å²) in [4.78, 5) is 12.3. The molecule has 5 heteroatoms. The third-order valence-electron chi connectivity index (χ3n) is 3.97. The van der Waals surface area contributed by atoms with E-state index in [9.17, 15) is 13.6 Å². The van der Waals surface area contributed by atoms with Crippen molar-refractivity contribution in [2.75, 3.05) is 13.1 Å². The first-order valence-electron chi connectivity index (χ1n) is 7.45. The molecule has 0 aliphatic carbocycles. The van der Waals surface area contributed by atoms with E-state index >= 15 is 0 Å². The fourth-order valence-corrected chi connectivity index (χ4v) is 2.71. The minimum atomic E-state index is -0.612. The molecule has 1 saturated heterocycles. The summed E-state index contributed by atoms with van der Waals surface area (Å²) in [6.07, 6.45) is 1.59. The van der Waals surface area contributed by atoms with Gasteiger partial charge in [0.05, 0.1) is 6.04 Å². The third-order valence-corrected chi connectivity index (χ3v) is 3.97. The highest BCUT2D eigenvalue weighted by Gasteiger charge is 2.26. The third kappa shape index (κ3) is 4.00. The molecule has 0 aromatic heterocycles. The van der Waals surface area contributed by atoms with Gasteiger partial charge in [0.2, 0.25) is 5.91 Å². The van der Waals surface area contributed by atoms with Crippen LogP contribution >= 0.6 is 0 Å². The van der Waals surface area contributed by atoms with Crippen molar-refractivity contribution in [1.29, 1.82) is 0 Å².